The van der Waals surface area contributed by atoms with Gasteiger partial charge in [-0.15, -0.1) is 0 Å². The Morgan fingerprint density at radius 1 is 1.04 bits per heavy atom. The van der Waals surface area contributed by atoms with Crippen LogP contribution in [0.2, 0.25) is 0 Å². The summed E-state index contributed by atoms with van der Waals surface area (Å²) in [6, 6.07) is 12.0. The van der Waals surface area contributed by atoms with Crippen LogP contribution >= 0.6 is 0 Å². The first kappa shape index (κ1) is 19.0. The van der Waals surface area contributed by atoms with Crippen LogP contribution in [0.1, 0.15) is 23.2 Å². The summed E-state index contributed by atoms with van der Waals surface area (Å²) in [5, 5.41) is 0. The van der Waals surface area contributed by atoms with Gasteiger partial charge in [-0.2, -0.15) is 0 Å². The number of ether oxygens (including phenoxy) is 2. The molecule has 27 heavy (non-hydrogen) atoms. The minimum atomic E-state index is -3.35. The van der Waals surface area contributed by atoms with Gasteiger partial charge in [0.1, 0.15) is 11.5 Å². The lowest BCUT2D eigenvalue weighted by atomic mass is 10.1. The number of nitrogens with one attached hydrogen (secondary N) is 1. The second kappa shape index (κ2) is 7.48. The molecule has 3 rings (SSSR count). The first-order chi connectivity index (χ1) is 12.8. The minimum Gasteiger partial charge on any atom is -0.497 e. The summed E-state index contributed by atoms with van der Waals surface area (Å²) in [6.07, 6.45) is 2.95. The van der Waals surface area contributed by atoms with E-state index in [0.29, 0.717) is 28.4 Å². The van der Waals surface area contributed by atoms with Crippen LogP contribution in [0.15, 0.2) is 42.5 Å². The average molecular weight is 390 g/mol. The van der Waals surface area contributed by atoms with Crippen LogP contribution in [0.25, 0.3) is 0 Å². The Hall–Kier alpha value is -2.74. The van der Waals surface area contributed by atoms with Crippen LogP contribution in [0.4, 0.5) is 11.4 Å². The molecule has 0 atom stereocenters. The molecule has 1 amide bonds. The third-order valence-electron chi connectivity index (χ3n) is 4.18. The van der Waals surface area contributed by atoms with E-state index < -0.39 is 10.0 Å². The number of amides is 1. The summed E-state index contributed by atoms with van der Waals surface area (Å²) >= 11 is 0. The number of hydrogen-bond acceptors (Lipinski definition) is 5. The third kappa shape index (κ3) is 4.71. The molecule has 0 heterocycles. The maximum atomic E-state index is 13.2. The van der Waals surface area contributed by atoms with Crippen molar-refractivity contribution in [3.63, 3.8) is 0 Å². The lowest BCUT2D eigenvalue weighted by Gasteiger charge is -2.23. The highest BCUT2D eigenvalue weighted by Crippen LogP contribution is 2.35. The summed E-state index contributed by atoms with van der Waals surface area (Å²) in [7, 11) is -0.274. The van der Waals surface area contributed by atoms with Gasteiger partial charge in [0, 0.05) is 29.0 Å². The zero-order valence-electron chi connectivity index (χ0n) is 15.4. The van der Waals surface area contributed by atoms with Gasteiger partial charge in [0.25, 0.3) is 5.91 Å². The highest BCUT2D eigenvalue weighted by Gasteiger charge is 2.34. The Morgan fingerprint density at radius 2 is 1.59 bits per heavy atom. The van der Waals surface area contributed by atoms with Gasteiger partial charge in [-0.25, -0.2) is 8.42 Å². The van der Waals surface area contributed by atoms with Crippen LogP contribution in [0.3, 0.4) is 0 Å². The number of anilines is 2. The van der Waals surface area contributed by atoms with Crippen molar-refractivity contribution in [3.05, 3.63) is 48.0 Å². The van der Waals surface area contributed by atoms with Gasteiger partial charge < -0.3 is 14.4 Å². The number of methoxy groups -OCH3 is 2. The molecular formula is C19H22N2O5S. The van der Waals surface area contributed by atoms with Crippen molar-refractivity contribution < 1.29 is 22.7 Å². The van der Waals surface area contributed by atoms with Crippen molar-refractivity contribution >= 4 is 27.3 Å². The van der Waals surface area contributed by atoms with Gasteiger partial charge in [-0.1, -0.05) is 0 Å². The molecule has 1 N–H and O–H groups in total. The van der Waals surface area contributed by atoms with Crippen LogP contribution in [-0.2, 0) is 10.0 Å². The van der Waals surface area contributed by atoms with Gasteiger partial charge in [0.2, 0.25) is 10.0 Å². The zero-order valence-corrected chi connectivity index (χ0v) is 16.2. The molecule has 2 aromatic carbocycles. The summed E-state index contributed by atoms with van der Waals surface area (Å²) in [5.74, 6) is 0.931. The van der Waals surface area contributed by atoms with E-state index in [1.807, 2.05) is 0 Å². The van der Waals surface area contributed by atoms with E-state index in [0.717, 1.165) is 19.1 Å². The van der Waals surface area contributed by atoms with Crippen LogP contribution in [0.5, 0.6) is 11.5 Å². The highest BCUT2D eigenvalue weighted by atomic mass is 32.2. The highest BCUT2D eigenvalue weighted by molar-refractivity contribution is 7.92. The van der Waals surface area contributed by atoms with Crippen molar-refractivity contribution in [2.45, 2.75) is 18.9 Å². The average Bonchev–Trinajstić information content (AvgIpc) is 3.46. The maximum absolute atomic E-state index is 13.2. The fourth-order valence-electron chi connectivity index (χ4n) is 2.80. The molecule has 8 heteroatoms. The van der Waals surface area contributed by atoms with E-state index in [4.69, 9.17) is 9.47 Å². The Morgan fingerprint density at radius 3 is 2.04 bits per heavy atom. The predicted octanol–water partition coefficient (Wildman–Crippen LogP) is 2.88. The lowest BCUT2D eigenvalue weighted by Crippen LogP contribution is -2.33. The number of carbonyl (C=O) groups excluding carboxylic acids is 1. The summed E-state index contributed by atoms with van der Waals surface area (Å²) in [4.78, 5) is 14.9. The predicted molar refractivity (Wildman–Crippen MR) is 104 cm³/mol. The fraction of sp³-hybridized carbons (Fsp3) is 0.316. The summed E-state index contributed by atoms with van der Waals surface area (Å²) in [6.45, 7) is 0. The smallest absolute Gasteiger partial charge is 0.258 e. The van der Waals surface area contributed by atoms with E-state index in [1.165, 1.54) is 14.2 Å². The Kier molecular flexibility index (Phi) is 5.27. The second-order valence-corrected chi connectivity index (χ2v) is 8.18. The topological polar surface area (TPSA) is 84.9 Å². The zero-order chi connectivity index (χ0) is 19.6. The van der Waals surface area contributed by atoms with Crippen LogP contribution in [0, 0.1) is 0 Å². The number of carbonyl (C=O) groups is 1. The van der Waals surface area contributed by atoms with E-state index >= 15 is 0 Å². The van der Waals surface area contributed by atoms with Gasteiger partial charge in [0.05, 0.1) is 20.5 Å². The van der Waals surface area contributed by atoms with Gasteiger partial charge in [0.15, 0.2) is 0 Å². The normalized spacial score (nSPS) is 13.7. The maximum Gasteiger partial charge on any atom is 0.258 e. The molecule has 1 aliphatic rings. The fourth-order valence-corrected chi connectivity index (χ4v) is 3.37. The van der Waals surface area contributed by atoms with Gasteiger partial charge in [-0.05, 0) is 49.2 Å². The van der Waals surface area contributed by atoms with Crippen molar-refractivity contribution in [1.82, 2.24) is 0 Å². The van der Waals surface area contributed by atoms with E-state index in [1.54, 1.807) is 47.4 Å². The Balaban J connectivity index is 1.91. The molecule has 0 unspecified atom stereocenters. The minimum absolute atomic E-state index is 0.128. The monoisotopic (exact) mass is 390 g/mol. The summed E-state index contributed by atoms with van der Waals surface area (Å²) in [5.41, 5.74) is 1.63. The number of hydrogen-bond donors (Lipinski definition) is 1. The molecule has 1 aliphatic carbocycles. The molecular weight excluding hydrogens is 368 g/mol. The molecule has 144 valence electrons. The molecule has 2 aromatic rings. The largest absolute Gasteiger partial charge is 0.497 e. The molecule has 0 aliphatic heterocycles. The number of rotatable bonds is 7. The van der Waals surface area contributed by atoms with Crippen molar-refractivity contribution in [2.24, 2.45) is 0 Å². The van der Waals surface area contributed by atoms with Crippen molar-refractivity contribution in [1.29, 1.82) is 0 Å². The quantitative estimate of drug-likeness (QED) is 0.786. The molecule has 0 aromatic heterocycles. The standard InChI is InChI=1S/C19H22N2O5S/c1-25-17-10-13(11-18(12-17)26-2)19(22)21(16-8-9-16)15-6-4-14(5-7-15)20-27(3,23)24/h4-7,10-12,16,20H,8-9H2,1-3H3. The van der Waals surface area contributed by atoms with Gasteiger partial charge in [-0.3, -0.25) is 9.52 Å². The second-order valence-electron chi connectivity index (χ2n) is 6.43. The SMILES string of the molecule is COc1cc(OC)cc(C(=O)N(c2ccc(NS(C)(=O)=O)cc2)C2CC2)c1. The molecule has 0 radical (unpaired) electrons. The molecule has 0 spiro atoms. The van der Waals surface area contributed by atoms with Gasteiger partial charge >= 0.3 is 0 Å². The number of nitrogens with zero attached hydrogens (tertiary/aromatic N) is 1. The Bertz CT molecular complexity index is 915. The molecule has 7 nitrogen and oxygen atoms in total. The van der Waals surface area contributed by atoms with Crippen LogP contribution < -0.4 is 19.1 Å². The summed E-state index contributed by atoms with van der Waals surface area (Å²) < 4.78 is 35.6. The third-order valence-corrected chi connectivity index (χ3v) is 4.78. The molecule has 1 saturated carbocycles. The number of benzene rings is 2. The first-order valence-corrected chi connectivity index (χ1v) is 10.3. The molecule has 1 fully saturated rings. The molecule has 0 bridgehead atoms. The first-order valence-electron chi connectivity index (χ1n) is 8.45. The van der Waals surface area contributed by atoms with E-state index in [9.17, 15) is 13.2 Å². The van der Waals surface area contributed by atoms with Crippen molar-refractivity contribution in [3.8, 4) is 11.5 Å². The Labute approximate surface area is 158 Å². The van der Waals surface area contributed by atoms with Crippen molar-refractivity contribution in [2.75, 3.05) is 30.1 Å². The van der Waals surface area contributed by atoms with E-state index in [2.05, 4.69) is 4.72 Å². The molecule has 0 saturated heterocycles. The van der Waals surface area contributed by atoms with Crippen LogP contribution in [-0.4, -0.2) is 40.8 Å². The van der Waals surface area contributed by atoms with E-state index in [-0.39, 0.29) is 11.9 Å². The lowest BCUT2D eigenvalue weighted by molar-refractivity contribution is 0.0984. The number of sulfonamides is 1.